The second-order valence-electron chi connectivity index (χ2n) is 8.61. The summed E-state index contributed by atoms with van der Waals surface area (Å²) in [6, 6.07) is 18.2. The molecule has 4 aromatic rings. The Balaban J connectivity index is 1.42. The number of fused-ring (bicyclic) bond motifs is 1. The molecule has 1 aliphatic heterocycles. The molecule has 0 saturated carbocycles. The van der Waals surface area contributed by atoms with Crippen molar-refractivity contribution in [2.45, 2.75) is 30.8 Å². The second-order valence-corrected chi connectivity index (χ2v) is 11.7. The number of hydrogen-bond donors (Lipinski definition) is 1. The molecule has 3 aromatic carbocycles. The van der Waals surface area contributed by atoms with Crippen LogP contribution in [0.1, 0.15) is 28.8 Å². The van der Waals surface area contributed by atoms with Crippen LogP contribution in [-0.4, -0.2) is 38.6 Å². The monoisotopic (exact) mass is 541 g/mol. The smallest absolute Gasteiger partial charge is 0.261 e. The van der Waals surface area contributed by atoms with Crippen LogP contribution in [0.5, 0.6) is 0 Å². The highest BCUT2D eigenvalue weighted by molar-refractivity contribution is 7.92. The van der Waals surface area contributed by atoms with E-state index < -0.39 is 10.0 Å². The van der Waals surface area contributed by atoms with E-state index in [1.54, 1.807) is 47.4 Å². The van der Waals surface area contributed by atoms with E-state index in [0.29, 0.717) is 34.6 Å². The summed E-state index contributed by atoms with van der Waals surface area (Å²) in [5, 5.41) is 1.20. The summed E-state index contributed by atoms with van der Waals surface area (Å²) >= 11 is 7.65. The minimum absolute atomic E-state index is 0.0670. The van der Waals surface area contributed by atoms with Crippen molar-refractivity contribution in [3.8, 4) is 0 Å². The Morgan fingerprint density at radius 2 is 1.92 bits per heavy atom. The molecule has 1 aromatic heterocycles. The molecule has 1 aliphatic rings. The van der Waals surface area contributed by atoms with Gasteiger partial charge in [0.05, 0.1) is 27.8 Å². The number of aromatic nitrogens is 1. The zero-order valence-corrected chi connectivity index (χ0v) is 21.9. The quantitative estimate of drug-likeness (QED) is 0.315. The second kappa shape index (κ2) is 10.2. The van der Waals surface area contributed by atoms with Crippen LogP contribution in [0.15, 0.2) is 71.6 Å². The van der Waals surface area contributed by atoms with Gasteiger partial charge < -0.3 is 4.74 Å². The summed E-state index contributed by atoms with van der Waals surface area (Å²) in [5.74, 6) is -0.231. The number of carbonyl (C=O) groups excluding carboxylic acids is 1. The van der Waals surface area contributed by atoms with Gasteiger partial charge in [0.25, 0.3) is 15.9 Å². The summed E-state index contributed by atoms with van der Waals surface area (Å²) in [6.07, 6.45) is 1.76. The maximum absolute atomic E-state index is 13.7. The predicted molar refractivity (Wildman–Crippen MR) is 144 cm³/mol. The highest BCUT2D eigenvalue weighted by Gasteiger charge is 2.27. The van der Waals surface area contributed by atoms with Crippen LogP contribution in [0.25, 0.3) is 10.2 Å². The van der Waals surface area contributed by atoms with Crippen LogP contribution in [0.2, 0.25) is 5.02 Å². The van der Waals surface area contributed by atoms with E-state index in [1.807, 2.05) is 19.1 Å². The number of benzene rings is 3. The Bertz CT molecular complexity index is 1500. The van der Waals surface area contributed by atoms with Gasteiger partial charge >= 0.3 is 0 Å². The number of ether oxygens (including phenoxy) is 1. The molecule has 10 heteroatoms. The molecule has 0 bridgehead atoms. The van der Waals surface area contributed by atoms with E-state index in [2.05, 4.69) is 4.72 Å². The SMILES string of the molecule is Cc1cc(Cl)cc2sc(N(CC3CCCO3)C(=O)c3ccc(NS(=O)(=O)c4ccccc4)cc3)nc12. The number of aryl methyl sites for hydroxylation is 1. The fourth-order valence-electron chi connectivity index (χ4n) is 4.15. The van der Waals surface area contributed by atoms with Crippen molar-refractivity contribution < 1.29 is 17.9 Å². The van der Waals surface area contributed by atoms with Crippen LogP contribution >= 0.6 is 22.9 Å². The predicted octanol–water partition coefficient (Wildman–Crippen LogP) is 5.88. The summed E-state index contributed by atoms with van der Waals surface area (Å²) in [6.45, 7) is 3.00. The molecule has 1 amide bonds. The van der Waals surface area contributed by atoms with E-state index in [9.17, 15) is 13.2 Å². The van der Waals surface area contributed by atoms with Gasteiger partial charge in [0, 0.05) is 22.9 Å². The lowest BCUT2D eigenvalue weighted by Gasteiger charge is -2.23. The fourth-order valence-corrected chi connectivity index (χ4v) is 6.66. The van der Waals surface area contributed by atoms with Gasteiger partial charge in [0.2, 0.25) is 0 Å². The van der Waals surface area contributed by atoms with Crippen LogP contribution in [0.3, 0.4) is 0 Å². The molecule has 1 atom stereocenters. The number of sulfonamides is 1. The van der Waals surface area contributed by atoms with E-state index in [-0.39, 0.29) is 16.9 Å². The number of rotatable bonds is 7. The molecule has 2 heterocycles. The minimum atomic E-state index is -3.72. The number of amides is 1. The van der Waals surface area contributed by atoms with Crippen molar-refractivity contribution in [1.82, 2.24) is 4.98 Å². The number of nitrogens with one attached hydrogen (secondary N) is 1. The van der Waals surface area contributed by atoms with Crippen molar-refractivity contribution in [3.63, 3.8) is 0 Å². The van der Waals surface area contributed by atoms with Gasteiger partial charge in [-0.3, -0.25) is 14.4 Å². The van der Waals surface area contributed by atoms with Gasteiger partial charge in [-0.15, -0.1) is 0 Å². The van der Waals surface area contributed by atoms with Gasteiger partial charge in [-0.2, -0.15) is 0 Å². The van der Waals surface area contributed by atoms with Crippen molar-refractivity contribution in [2.24, 2.45) is 0 Å². The van der Waals surface area contributed by atoms with Gasteiger partial charge in [-0.25, -0.2) is 13.4 Å². The molecule has 7 nitrogen and oxygen atoms in total. The Kier molecular flexibility index (Phi) is 6.98. The highest BCUT2D eigenvalue weighted by Crippen LogP contribution is 2.34. The van der Waals surface area contributed by atoms with Crippen molar-refractivity contribution in [1.29, 1.82) is 0 Å². The lowest BCUT2D eigenvalue weighted by molar-refractivity contribution is 0.0917. The summed E-state index contributed by atoms with van der Waals surface area (Å²) in [7, 11) is -3.72. The molecule has 36 heavy (non-hydrogen) atoms. The topological polar surface area (TPSA) is 88.6 Å². The lowest BCUT2D eigenvalue weighted by Crippen LogP contribution is -2.37. The number of nitrogens with zero attached hydrogens (tertiary/aromatic N) is 2. The number of anilines is 2. The summed E-state index contributed by atoms with van der Waals surface area (Å²) in [5.41, 5.74) is 2.55. The molecule has 0 radical (unpaired) electrons. The first kappa shape index (κ1) is 24.7. The molecule has 1 saturated heterocycles. The third-order valence-corrected chi connectivity index (χ3v) is 8.60. The van der Waals surface area contributed by atoms with Crippen LogP contribution in [0.4, 0.5) is 10.8 Å². The number of halogens is 1. The Morgan fingerprint density at radius 3 is 2.61 bits per heavy atom. The fraction of sp³-hybridized carbons (Fsp3) is 0.231. The van der Waals surface area contributed by atoms with Crippen LogP contribution < -0.4 is 9.62 Å². The molecule has 186 valence electrons. The Hall–Kier alpha value is -2.98. The Labute approximate surface area is 218 Å². The van der Waals surface area contributed by atoms with Crippen molar-refractivity contribution in [3.05, 3.63) is 82.9 Å². The van der Waals surface area contributed by atoms with Gasteiger partial charge in [-0.05, 0) is 73.9 Å². The zero-order chi connectivity index (χ0) is 25.3. The molecule has 1 N–H and O–H groups in total. The van der Waals surface area contributed by atoms with E-state index in [4.69, 9.17) is 21.3 Å². The van der Waals surface area contributed by atoms with E-state index >= 15 is 0 Å². The molecule has 5 rings (SSSR count). The molecular formula is C26H24ClN3O4S2. The maximum atomic E-state index is 13.7. The van der Waals surface area contributed by atoms with E-state index in [1.165, 1.54) is 23.5 Å². The maximum Gasteiger partial charge on any atom is 0.261 e. The Morgan fingerprint density at radius 1 is 1.17 bits per heavy atom. The third kappa shape index (κ3) is 5.24. The molecular weight excluding hydrogens is 518 g/mol. The molecule has 1 unspecified atom stereocenters. The van der Waals surface area contributed by atoms with Gasteiger partial charge in [0.15, 0.2) is 5.13 Å². The normalized spacial score (nSPS) is 15.8. The third-order valence-electron chi connectivity index (χ3n) is 5.96. The first-order chi connectivity index (χ1) is 17.3. The standard InChI is InChI=1S/C26H24ClN3O4S2/c1-17-14-19(27)15-23-24(17)28-26(35-23)30(16-21-6-5-13-34-21)25(31)18-9-11-20(12-10-18)29-36(32,33)22-7-3-2-4-8-22/h2-4,7-12,14-15,21,29H,5-6,13,16H2,1H3. The van der Waals surface area contributed by atoms with Crippen LogP contribution in [-0.2, 0) is 14.8 Å². The van der Waals surface area contributed by atoms with Gasteiger partial charge in [-0.1, -0.05) is 41.1 Å². The lowest BCUT2D eigenvalue weighted by atomic mass is 10.1. The first-order valence-electron chi connectivity index (χ1n) is 11.5. The van der Waals surface area contributed by atoms with Gasteiger partial charge in [0.1, 0.15) is 0 Å². The zero-order valence-electron chi connectivity index (χ0n) is 19.5. The van der Waals surface area contributed by atoms with Crippen LogP contribution in [0, 0.1) is 6.92 Å². The molecule has 0 spiro atoms. The highest BCUT2D eigenvalue weighted by atomic mass is 35.5. The van der Waals surface area contributed by atoms with Crippen molar-refractivity contribution >= 4 is 59.9 Å². The van der Waals surface area contributed by atoms with E-state index in [0.717, 1.165) is 28.6 Å². The summed E-state index contributed by atoms with van der Waals surface area (Å²) < 4.78 is 34.5. The molecule has 0 aliphatic carbocycles. The number of thiazole rings is 1. The number of carbonyl (C=O) groups is 1. The minimum Gasteiger partial charge on any atom is -0.376 e. The number of hydrogen-bond acceptors (Lipinski definition) is 6. The first-order valence-corrected chi connectivity index (χ1v) is 14.2. The average molecular weight is 542 g/mol. The molecule has 1 fully saturated rings. The van der Waals surface area contributed by atoms with Crippen molar-refractivity contribution in [2.75, 3.05) is 22.8 Å². The largest absolute Gasteiger partial charge is 0.376 e. The summed E-state index contributed by atoms with van der Waals surface area (Å²) in [4.78, 5) is 20.2. The average Bonchev–Trinajstić information content (AvgIpc) is 3.53.